The van der Waals surface area contributed by atoms with Crippen molar-refractivity contribution in [2.24, 2.45) is 11.7 Å². The van der Waals surface area contributed by atoms with E-state index in [0.717, 1.165) is 47.7 Å². The average Bonchev–Trinajstić information content (AvgIpc) is 3.66. The van der Waals surface area contributed by atoms with Crippen molar-refractivity contribution in [1.29, 1.82) is 0 Å². The van der Waals surface area contributed by atoms with Gasteiger partial charge in [-0.05, 0) is 81.5 Å². The molecular weight excluding hydrogens is 428 g/mol. The lowest BCUT2D eigenvalue weighted by Gasteiger charge is -2.31. The molecular formula is C26H30N6O2. The van der Waals surface area contributed by atoms with Crippen molar-refractivity contribution < 1.29 is 9.53 Å². The van der Waals surface area contributed by atoms with Crippen LogP contribution in [-0.4, -0.2) is 32.5 Å². The van der Waals surface area contributed by atoms with E-state index in [-0.39, 0.29) is 17.6 Å². The third-order valence-corrected chi connectivity index (χ3v) is 7.08. The lowest BCUT2D eigenvalue weighted by Crippen LogP contribution is -2.49. The van der Waals surface area contributed by atoms with Crippen LogP contribution in [0.4, 0.5) is 11.6 Å². The average molecular weight is 459 g/mol. The third-order valence-electron chi connectivity index (χ3n) is 7.08. The summed E-state index contributed by atoms with van der Waals surface area (Å²) in [6, 6.07) is 5.64. The van der Waals surface area contributed by atoms with Crippen molar-refractivity contribution in [3.63, 3.8) is 0 Å². The number of fused-ring (bicyclic) bond motifs is 2. The molecule has 176 valence electrons. The summed E-state index contributed by atoms with van der Waals surface area (Å²) in [7, 11) is 0. The highest BCUT2D eigenvalue weighted by Gasteiger charge is 2.41. The van der Waals surface area contributed by atoms with E-state index in [1.165, 1.54) is 0 Å². The summed E-state index contributed by atoms with van der Waals surface area (Å²) in [5, 5.41) is 8.22. The predicted octanol–water partition coefficient (Wildman–Crippen LogP) is 3.96. The molecule has 1 atom stereocenters. The molecule has 1 aliphatic heterocycles. The Balaban J connectivity index is 1.38. The summed E-state index contributed by atoms with van der Waals surface area (Å²) in [6.07, 6.45) is 8.99. The molecule has 1 amide bonds. The van der Waals surface area contributed by atoms with Gasteiger partial charge in [0.2, 0.25) is 5.88 Å². The highest BCUT2D eigenvalue weighted by atomic mass is 16.5. The number of carbonyl (C=O) groups excluding carboxylic acids is 1. The molecule has 3 aromatic rings. The van der Waals surface area contributed by atoms with Crippen molar-refractivity contribution in [1.82, 2.24) is 20.3 Å². The van der Waals surface area contributed by atoms with Gasteiger partial charge in [0, 0.05) is 29.9 Å². The molecule has 4 N–H and O–H groups in total. The molecule has 6 rings (SSSR count). The van der Waals surface area contributed by atoms with Crippen LogP contribution < -0.4 is 21.1 Å². The quantitative estimate of drug-likeness (QED) is 0.512. The van der Waals surface area contributed by atoms with Gasteiger partial charge in [-0.3, -0.25) is 4.79 Å². The van der Waals surface area contributed by atoms with E-state index < -0.39 is 5.54 Å². The molecule has 0 aromatic carbocycles. The number of aromatic nitrogens is 3. The smallest absolute Gasteiger partial charge is 0.253 e. The molecule has 4 heterocycles. The van der Waals surface area contributed by atoms with Gasteiger partial charge in [0.05, 0.1) is 16.6 Å². The number of hydrogen-bond donors (Lipinski definition) is 3. The maximum absolute atomic E-state index is 12.4. The summed E-state index contributed by atoms with van der Waals surface area (Å²) in [5.74, 6) is 2.30. The number of hydrogen-bond acceptors (Lipinski definition) is 7. The number of nitrogens with zero attached hydrogens (tertiary/aromatic N) is 3. The number of carbonyl (C=O) groups is 1. The van der Waals surface area contributed by atoms with Crippen molar-refractivity contribution in [2.75, 3.05) is 5.32 Å². The second-order valence-corrected chi connectivity index (χ2v) is 10.8. The first kappa shape index (κ1) is 21.3. The van der Waals surface area contributed by atoms with Gasteiger partial charge in [0.25, 0.3) is 5.91 Å². The number of nitrogens with one attached hydrogen (secondary N) is 2. The highest BCUT2D eigenvalue weighted by Crippen LogP contribution is 2.46. The van der Waals surface area contributed by atoms with Gasteiger partial charge < -0.3 is 21.1 Å². The van der Waals surface area contributed by atoms with Crippen LogP contribution in [0.2, 0.25) is 0 Å². The van der Waals surface area contributed by atoms with Gasteiger partial charge in [-0.15, -0.1) is 0 Å². The molecule has 0 bridgehead atoms. The standard InChI is InChI=1S/C26H30N6O2/c1-25(2)11-20-16(23(33)32-25)8-9-21(30-20)31-22-10-17-18(12-28-22)24(34-15-6-7-15)29-13-19(17)26(3,27)14-4-5-14/h8-10,12-15H,4-7,11,27H2,1-3H3,(H,32,33)(H,28,30,31). The molecule has 0 spiro atoms. The summed E-state index contributed by atoms with van der Waals surface area (Å²) in [4.78, 5) is 26.4. The van der Waals surface area contributed by atoms with Gasteiger partial charge in [-0.2, -0.15) is 0 Å². The van der Waals surface area contributed by atoms with Crippen LogP contribution in [-0.2, 0) is 12.0 Å². The summed E-state index contributed by atoms with van der Waals surface area (Å²) in [6.45, 7) is 6.09. The fourth-order valence-corrected chi connectivity index (χ4v) is 4.83. The van der Waals surface area contributed by atoms with Crippen molar-refractivity contribution in [3.8, 4) is 5.88 Å². The Morgan fingerprint density at radius 1 is 1.12 bits per heavy atom. The second-order valence-electron chi connectivity index (χ2n) is 10.8. The SMILES string of the molecule is CC1(C)Cc2nc(Nc3cc4c(C(C)(N)C5CC5)cnc(OC5CC5)c4cn3)ccc2C(=O)N1. The first-order chi connectivity index (χ1) is 16.2. The summed E-state index contributed by atoms with van der Waals surface area (Å²) >= 11 is 0. The Morgan fingerprint density at radius 2 is 1.91 bits per heavy atom. The molecule has 1 unspecified atom stereocenters. The van der Waals surface area contributed by atoms with Crippen LogP contribution in [0.15, 0.2) is 30.6 Å². The zero-order chi connectivity index (χ0) is 23.7. The number of ether oxygens (including phenoxy) is 1. The minimum absolute atomic E-state index is 0.0863. The second kappa shape index (κ2) is 7.37. The Bertz CT molecular complexity index is 1310. The van der Waals surface area contributed by atoms with Crippen molar-refractivity contribution in [2.45, 2.75) is 70.1 Å². The zero-order valence-electron chi connectivity index (χ0n) is 19.8. The maximum Gasteiger partial charge on any atom is 0.253 e. The van der Waals surface area contributed by atoms with Gasteiger partial charge in [0.15, 0.2) is 0 Å². The van der Waals surface area contributed by atoms with Gasteiger partial charge in [-0.1, -0.05) is 0 Å². The Kier molecular flexibility index (Phi) is 4.61. The van der Waals surface area contributed by atoms with Crippen LogP contribution in [0.3, 0.4) is 0 Å². The number of rotatable bonds is 6. The highest BCUT2D eigenvalue weighted by molar-refractivity contribution is 5.97. The Morgan fingerprint density at radius 3 is 2.65 bits per heavy atom. The fourth-order valence-electron chi connectivity index (χ4n) is 4.83. The van der Waals surface area contributed by atoms with Gasteiger partial charge >= 0.3 is 0 Å². The van der Waals surface area contributed by atoms with Crippen molar-refractivity contribution >= 4 is 28.3 Å². The molecule has 3 aliphatic rings. The number of nitrogens with two attached hydrogens (primary N) is 1. The molecule has 2 fully saturated rings. The molecule has 3 aromatic heterocycles. The fraction of sp³-hybridized carbons (Fsp3) is 0.462. The van der Waals surface area contributed by atoms with Crippen molar-refractivity contribution in [3.05, 3.63) is 47.4 Å². The van der Waals surface area contributed by atoms with E-state index in [0.29, 0.717) is 35.4 Å². The number of amides is 1. The molecule has 8 nitrogen and oxygen atoms in total. The molecule has 2 aliphatic carbocycles. The Labute approximate surface area is 198 Å². The van der Waals surface area contributed by atoms with Crippen LogP contribution in [0.1, 0.15) is 68.1 Å². The predicted molar refractivity (Wildman–Crippen MR) is 130 cm³/mol. The van der Waals surface area contributed by atoms with Crippen LogP contribution in [0.5, 0.6) is 5.88 Å². The minimum atomic E-state index is -0.467. The van der Waals surface area contributed by atoms with Gasteiger partial charge in [0.1, 0.15) is 17.7 Å². The number of anilines is 2. The van der Waals surface area contributed by atoms with E-state index in [1.807, 2.05) is 44.4 Å². The molecule has 0 radical (unpaired) electrons. The molecule has 2 saturated carbocycles. The third kappa shape index (κ3) is 3.86. The summed E-state index contributed by atoms with van der Waals surface area (Å²) in [5.41, 5.74) is 8.44. The molecule has 0 saturated heterocycles. The normalized spacial score (nSPS) is 20.9. The van der Waals surface area contributed by atoms with E-state index in [1.54, 1.807) is 0 Å². The van der Waals surface area contributed by atoms with E-state index in [9.17, 15) is 4.79 Å². The zero-order valence-corrected chi connectivity index (χ0v) is 19.8. The lowest BCUT2D eigenvalue weighted by atomic mass is 9.86. The number of pyridine rings is 3. The van der Waals surface area contributed by atoms with Gasteiger partial charge in [-0.25, -0.2) is 15.0 Å². The van der Waals surface area contributed by atoms with E-state index in [2.05, 4.69) is 27.5 Å². The van der Waals surface area contributed by atoms with E-state index >= 15 is 0 Å². The monoisotopic (exact) mass is 458 g/mol. The van der Waals surface area contributed by atoms with E-state index in [4.69, 9.17) is 15.5 Å². The topological polar surface area (TPSA) is 115 Å². The largest absolute Gasteiger partial charge is 0.474 e. The molecule has 8 heteroatoms. The van der Waals surface area contributed by atoms with Crippen LogP contribution in [0, 0.1) is 5.92 Å². The van der Waals surface area contributed by atoms with Crippen LogP contribution in [0.25, 0.3) is 10.8 Å². The first-order valence-electron chi connectivity index (χ1n) is 12.0. The summed E-state index contributed by atoms with van der Waals surface area (Å²) < 4.78 is 6.07. The lowest BCUT2D eigenvalue weighted by molar-refractivity contribution is 0.0895. The first-order valence-corrected chi connectivity index (χ1v) is 12.0. The Hall–Kier alpha value is -3.26. The molecule has 34 heavy (non-hydrogen) atoms. The maximum atomic E-state index is 12.4. The minimum Gasteiger partial charge on any atom is -0.474 e. The van der Waals surface area contributed by atoms with Crippen LogP contribution >= 0.6 is 0 Å².